The minimum atomic E-state index is 0.147. The van der Waals surface area contributed by atoms with Gasteiger partial charge in [0.15, 0.2) is 0 Å². The Bertz CT molecular complexity index is 399. The zero-order valence-corrected chi connectivity index (χ0v) is 10.1. The summed E-state index contributed by atoms with van der Waals surface area (Å²) in [4.78, 5) is 19.6. The van der Waals surface area contributed by atoms with E-state index in [9.17, 15) is 4.79 Å². The standard InChI is InChI=1S/C12H18N4O/c1-10(17)15-4-6-16(7-5-15)12-8-11(9-13)2-3-14-12/h2-3,8H,4-7,9,13H2,1H3. The summed E-state index contributed by atoms with van der Waals surface area (Å²) in [5.74, 6) is 1.10. The third kappa shape index (κ3) is 2.74. The molecule has 0 spiro atoms. The zero-order chi connectivity index (χ0) is 12.3. The third-order valence-corrected chi connectivity index (χ3v) is 3.09. The van der Waals surface area contributed by atoms with Crippen LogP contribution in [0.5, 0.6) is 0 Å². The number of piperazine rings is 1. The highest BCUT2D eigenvalue weighted by atomic mass is 16.2. The lowest BCUT2D eigenvalue weighted by Gasteiger charge is -2.35. The van der Waals surface area contributed by atoms with Gasteiger partial charge in [-0.3, -0.25) is 4.79 Å². The van der Waals surface area contributed by atoms with Gasteiger partial charge < -0.3 is 15.5 Å². The van der Waals surface area contributed by atoms with Gasteiger partial charge in [0.25, 0.3) is 0 Å². The normalized spacial score (nSPS) is 16.1. The molecule has 2 N–H and O–H groups in total. The summed E-state index contributed by atoms with van der Waals surface area (Å²) in [6.45, 7) is 5.35. The van der Waals surface area contributed by atoms with Crippen LogP contribution in [0.15, 0.2) is 18.3 Å². The average Bonchev–Trinajstić information content (AvgIpc) is 2.39. The van der Waals surface area contributed by atoms with Gasteiger partial charge >= 0.3 is 0 Å². The number of hydrogen-bond acceptors (Lipinski definition) is 4. The van der Waals surface area contributed by atoms with Crippen molar-refractivity contribution in [2.45, 2.75) is 13.5 Å². The van der Waals surface area contributed by atoms with E-state index in [-0.39, 0.29) is 5.91 Å². The number of nitrogens with two attached hydrogens (primary N) is 1. The topological polar surface area (TPSA) is 62.5 Å². The van der Waals surface area contributed by atoms with Gasteiger partial charge in [0.2, 0.25) is 5.91 Å². The van der Waals surface area contributed by atoms with Crippen LogP contribution in [0.1, 0.15) is 12.5 Å². The van der Waals surface area contributed by atoms with E-state index in [0.29, 0.717) is 6.54 Å². The summed E-state index contributed by atoms with van der Waals surface area (Å²) in [5, 5.41) is 0. The Morgan fingerprint density at radius 1 is 1.41 bits per heavy atom. The van der Waals surface area contributed by atoms with Crippen LogP contribution in [0, 0.1) is 0 Å². The molecule has 1 aliphatic heterocycles. The third-order valence-electron chi connectivity index (χ3n) is 3.09. The lowest BCUT2D eigenvalue weighted by atomic mass is 10.2. The monoisotopic (exact) mass is 234 g/mol. The molecule has 0 aliphatic carbocycles. The second-order valence-electron chi connectivity index (χ2n) is 4.22. The number of nitrogens with zero attached hydrogens (tertiary/aromatic N) is 3. The quantitative estimate of drug-likeness (QED) is 0.794. The van der Waals surface area contributed by atoms with Crippen LogP contribution < -0.4 is 10.6 Å². The lowest BCUT2D eigenvalue weighted by molar-refractivity contribution is -0.129. The molecule has 2 heterocycles. The van der Waals surface area contributed by atoms with Crippen LogP contribution in [-0.4, -0.2) is 42.0 Å². The van der Waals surface area contributed by atoms with Crippen molar-refractivity contribution in [1.82, 2.24) is 9.88 Å². The molecule has 1 fully saturated rings. The van der Waals surface area contributed by atoms with Crippen molar-refractivity contribution in [3.63, 3.8) is 0 Å². The minimum Gasteiger partial charge on any atom is -0.353 e. The summed E-state index contributed by atoms with van der Waals surface area (Å²) in [5.41, 5.74) is 6.70. The fraction of sp³-hybridized carbons (Fsp3) is 0.500. The van der Waals surface area contributed by atoms with Crippen molar-refractivity contribution in [1.29, 1.82) is 0 Å². The van der Waals surface area contributed by atoms with E-state index in [2.05, 4.69) is 9.88 Å². The van der Waals surface area contributed by atoms with E-state index in [4.69, 9.17) is 5.73 Å². The largest absolute Gasteiger partial charge is 0.353 e. The molecule has 0 saturated carbocycles. The Kier molecular flexibility index (Phi) is 3.58. The van der Waals surface area contributed by atoms with E-state index in [1.807, 2.05) is 17.0 Å². The molecule has 1 saturated heterocycles. The Morgan fingerprint density at radius 3 is 2.71 bits per heavy atom. The summed E-state index contributed by atoms with van der Waals surface area (Å²) in [6, 6.07) is 3.94. The molecule has 92 valence electrons. The van der Waals surface area contributed by atoms with Gasteiger partial charge in [-0.15, -0.1) is 0 Å². The van der Waals surface area contributed by atoms with Crippen LogP contribution in [0.25, 0.3) is 0 Å². The van der Waals surface area contributed by atoms with E-state index in [1.165, 1.54) is 0 Å². The van der Waals surface area contributed by atoms with Gasteiger partial charge in [0.05, 0.1) is 0 Å². The molecule has 0 atom stereocenters. The van der Waals surface area contributed by atoms with Gasteiger partial charge in [-0.1, -0.05) is 0 Å². The first-order valence-corrected chi connectivity index (χ1v) is 5.86. The number of aromatic nitrogens is 1. The van der Waals surface area contributed by atoms with Gasteiger partial charge in [0, 0.05) is 45.8 Å². The number of hydrogen-bond donors (Lipinski definition) is 1. The van der Waals surface area contributed by atoms with Crippen molar-refractivity contribution in [3.8, 4) is 0 Å². The molecule has 0 bridgehead atoms. The predicted octanol–water partition coefficient (Wildman–Crippen LogP) is 0.209. The molecule has 17 heavy (non-hydrogen) atoms. The van der Waals surface area contributed by atoms with Crippen LogP contribution >= 0.6 is 0 Å². The van der Waals surface area contributed by atoms with E-state index < -0.39 is 0 Å². The molecule has 0 unspecified atom stereocenters. The molecule has 5 nitrogen and oxygen atoms in total. The van der Waals surface area contributed by atoms with Crippen LogP contribution in [0.2, 0.25) is 0 Å². The first-order chi connectivity index (χ1) is 8.20. The van der Waals surface area contributed by atoms with Gasteiger partial charge in [-0.2, -0.15) is 0 Å². The summed E-state index contributed by atoms with van der Waals surface area (Å²) < 4.78 is 0. The van der Waals surface area contributed by atoms with Gasteiger partial charge in [-0.05, 0) is 17.7 Å². The molecular formula is C12H18N4O. The number of carbonyl (C=O) groups is 1. The highest BCUT2D eigenvalue weighted by Crippen LogP contribution is 2.14. The van der Waals surface area contributed by atoms with E-state index in [0.717, 1.165) is 37.6 Å². The van der Waals surface area contributed by atoms with Crippen LogP contribution in [0.4, 0.5) is 5.82 Å². The molecule has 1 amide bonds. The van der Waals surface area contributed by atoms with Crippen molar-refractivity contribution < 1.29 is 4.79 Å². The first-order valence-electron chi connectivity index (χ1n) is 5.86. The van der Waals surface area contributed by atoms with Crippen molar-refractivity contribution in [3.05, 3.63) is 23.9 Å². The molecule has 1 aliphatic rings. The fourth-order valence-electron chi connectivity index (χ4n) is 2.01. The smallest absolute Gasteiger partial charge is 0.219 e. The zero-order valence-electron chi connectivity index (χ0n) is 10.1. The van der Waals surface area contributed by atoms with Gasteiger partial charge in [0.1, 0.15) is 5.82 Å². The maximum absolute atomic E-state index is 11.2. The SMILES string of the molecule is CC(=O)N1CCN(c2cc(CN)ccn2)CC1. The maximum Gasteiger partial charge on any atom is 0.219 e. The first kappa shape index (κ1) is 11.9. The molecule has 5 heteroatoms. The van der Waals surface area contributed by atoms with Crippen LogP contribution in [-0.2, 0) is 11.3 Å². The van der Waals surface area contributed by atoms with Gasteiger partial charge in [-0.25, -0.2) is 4.98 Å². The number of amides is 1. The summed E-state index contributed by atoms with van der Waals surface area (Å²) in [7, 11) is 0. The Morgan fingerprint density at radius 2 is 2.12 bits per heavy atom. The highest BCUT2D eigenvalue weighted by molar-refractivity contribution is 5.73. The summed E-state index contributed by atoms with van der Waals surface area (Å²) >= 11 is 0. The van der Waals surface area contributed by atoms with Crippen molar-refractivity contribution in [2.75, 3.05) is 31.1 Å². The Balaban J connectivity index is 2.02. The van der Waals surface area contributed by atoms with Crippen molar-refractivity contribution in [2.24, 2.45) is 5.73 Å². The maximum atomic E-state index is 11.2. The van der Waals surface area contributed by atoms with Crippen LogP contribution in [0.3, 0.4) is 0 Å². The molecule has 0 aromatic carbocycles. The highest BCUT2D eigenvalue weighted by Gasteiger charge is 2.19. The van der Waals surface area contributed by atoms with Crippen molar-refractivity contribution >= 4 is 11.7 Å². The second kappa shape index (κ2) is 5.14. The number of anilines is 1. The number of pyridine rings is 1. The minimum absolute atomic E-state index is 0.147. The molecular weight excluding hydrogens is 216 g/mol. The molecule has 0 radical (unpaired) electrons. The Hall–Kier alpha value is -1.62. The number of carbonyl (C=O) groups excluding carboxylic acids is 1. The molecule has 1 aromatic heterocycles. The average molecular weight is 234 g/mol. The van der Waals surface area contributed by atoms with E-state index >= 15 is 0 Å². The van der Waals surface area contributed by atoms with E-state index in [1.54, 1.807) is 13.1 Å². The Labute approximate surface area is 101 Å². The molecule has 2 rings (SSSR count). The fourth-order valence-corrected chi connectivity index (χ4v) is 2.01. The second-order valence-corrected chi connectivity index (χ2v) is 4.22. The number of rotatable bonds is 2. The lowest BCUT2D eigenvalue weighted by Crippen LogP contribution is -2.48. The predicted molar refractivity (Wildman–Crippen MR) is 66.6 cm³/mol. The molecule has 1 aromatic rings. The summed E-state index contributed by atoms with van der Waals surface area (Å²) in [6.07, 6.45) is 1.79.